The maximum Gasteiger partial charge on any atom is 0.323 e. The van der Waals surface area contributed by atoms with Gasteiger partial charge in [0.1, 0.15) is 18.0 Å². The van der Waals surface area contributed by atoms with Crippen molar-refractivity contribution in [3.63, 3.8) is 0 Å². The highest BCUT2D eigenvalue weighted by molar-refractivity contribution is 5.94. The molecule has 0 spiro atoms. The summed E-state index contributed by atoms with van der Waals surface area (Å²) in [4.78, 5) is 37.0. The van der Waals surface area contributed by atoms with Crippen molar-refractivity contribution in [2.24, 2.45) is 0 Å². The molecule has 1 aromatic heterocycles. The molecular weight excluding hydrogens is 329 g/mol. The maximum absolute atomic E-state index is 14.0. The fourth-order valence-corrected chi connectivity index (χ4v) is 2.60. The molecule has 7 nitrogen and oxygen atoms in total. The Morgan fingerprint density at radius 3 is 2.64 bits per heavy atom. The SMILES string of the molecule is Cc1cc(=O)c(C(=O)N(CC(=O)O)C2CC2)nn1-c1ccccc1F. The summed E-state index contributed by atoms with van der Waals surface area (Å²) in [6.45, 7) is 1.07. The van der Waals surface area contributed by atoms with Gasteiger partial charge in [0.15, 0.2) is 5.69 Å². The number of aliphatic carboxylic acids is 1. The Bertz CT molecular complexity index is 905. The third-order valence-corrected chi connectivity index (χ3v) is 3.94. The first-order valence-electron chi connectivity index (χ1n) is 7.77. The number of hydrogen-bond donors (Lipinski definition) is 1. The monoisotopic (exact) mass is 345 g/mol. The van der Waals surface area contributed by atoms with Gasteiger partial charge in [0.2, 0.25) is 5.43 Å². The molecule has 1 heterocycles. The van der Waals surface area contributed by atoms with Crippen molar-refractivity contribution in [3.8, 4) is 5.69 Å². The van der Waals surface area contributed by atoms with E-state index in [-0.39, 0.29) is 11.7 Å². The van der Waals surface area contributed by atoms with E-state index in [2.05, 4.69) is 5.10 Å². The smallest absolute Gasteiger partial charge is 0.323 e. The Labute approximate surface area is 142 Å². The summed E-state index contributed by atoms with van der Waals surface area (Å²) < 4.78 is 15.2. The van der Waals surface area contributed by atoms with E-state index in [1.165, 1.54) is 28.9 Å². The lowest BCUT2D eigenvalue weighted by Gasteiger charge is -2.20. The van der Waals surface area contributed by atoms with E-state index in [0.717, 1.165) is 4.90 Å². The van der Waals surface area contributed by atoms with Gasteiger partial charge in [0.25, 0.3) is 5.91 Å². The largest absolute Gasteiger partial charge is 0.480 e. The van der Waals surface area contributed by atoms with Crippen molar-refractivity contribution in [1.82, 2.24) is 14.7 Å². The summed E-state index contributed by atoms with van der Waals surface area (Å²) in [5, 5.41) is 13.0. The topological polar surface area (TPSA) is 92.5 Å². The van der Waals surface area contributed by atoms with E-state index < -0.39 is 35.4 Å². The average Bonchev–Trinajstić information content (AvgIpc) is 3.38. The molecule has 130 valence electrons. The van der Waals surface area contributed by atoms with Gasteiger partial charge in [-0.2, -0.15) is 5.10 Å². The summed E-state index contributed by atoms with van der Waals surface area (Å²) >= 11 is 0. The number of carbonyl (C=O) groups is 2. The summed E-state index contributed by atoms with van der Waals surface area (Å²) in [6, 6.07) is 6.84. The highest BCUT2D eigenvalue weighted by atomic mass is 19.1. The van der Waals surface area contributed by atoms with Crippen molar-refractivity contribution in [1.29, 1.82) is 0 Å². The van der Waals surface area contributed by atoms with E-state index in [1.807, 2.05) is 0 Å². The second-order valence-corrected chi connectivity index (χ2v) is 5.92. The quantitative estimate of drug-likeness (QED) is 0.883. The van der Waals surface area contributed by atoms with E-state index >= 15 is 0 Å². The summed E-state index contributed by atoms with van der Waals surface area (Å²) in [5.74, 6) is -2.47. The predicted molar refractivity (Wildman–Crippen MR) is 86.2 cm³/mol. The van der Waals surface area contributed by atoms with Gasteiger partial charge in [-0.05, 0) is 31.9 Å². The minimum absolute atomic E-state index is 0.102. The first-order chi connectivity index (χ1) is 11.9. The average molecular weight is 345 g/mol. The number of nitrogens with zero attached hydrogens (tertiary/aromatic N) is 3. The summed E-state index contributed by atoms with van der Waals surface area (Å²) in [6.07, 6.45) is 1.37. The molecule has 0 saturated heterocycles. The lowest BCUT2D eigenvalue weighted by Crippen LogP contribution is -2.40. The molecular formula is C17H16FN3O4. The zero-order chi connectivity index (χ0) is 18.1. The van der Waals surface area contributed by atoms with Gasteiger partial charge < -0.3 is 10.0 Å². The zero-order valence-corrected chi connectivity index (χ0v) is 13.5. The molecule has 25 heavy (non-hydrogen) atoms. The van der Waals surface area contributed by atoms with Crippen molar-refractivity contribution >= 4 is 11.9 Å². The number of amides is 1. The van der Waals surface area contributed by atoms with Gasteiger partial charge in [-0.15, -0.1) is 0 Å². The van der Waals surface area contributed by atoms with Crippen LogP contribution in [0.25, 0.3) is 5.69 Å². The van der Waals surface area contributed by atoms with E-state index in [4.69, 9.17) is 5.11 Å². The summed E-state index contributed by atoms with van der Waals surface area (Å²) in [7, 11) is 0. The molecule has 1 aromatic carbocycles. The standard InChI is InChI=1S/C17H16FN3O4/c1-10-8-14(22)16(17(25)20(9-15(23)24)11-6-7-11)19-21(10)13-5-3-2-4-12(13)18/h2-5,8,11H,6-7,9H2,1H3,(H,23,24). The molecule has 1 aliphatic carbocycles. The number of para-hydroxylation sites is 1. The van der Waals surface area contributed by atoms with E-state index in [0.29, 0.717) is 18.5 Å². The van der Waals surface area contributed by atoms with Gasteiger partial charge in [0.05, 0.1) is 0 Å². The Morgan fingerprint density at radius 1 is 1.36 bits per heavy atom. The van der Waals surface area contributed by atoms with Crippen LogP contribution in [0.3, 0.4) is 0 Å². The Morgan fingerprint density at radius 2 is 2.04 bits per heavy atom. The van der Waals surface area contributed by atoms with Gasteiger partial charge in [-0.1, -0.05) is 12.1 Å². The minimum Gasteiger partial charge on any atom is -0.480 e. The number of benzene rings is 1. The van der Waals surface area contributed by atoms with Crippen molar-refractivity contribution in [2.75, 3.05) is 6.54 Å². The molecule has 0 unspecified atom stereocenters. The maximum atomic E-state index is 14.0. The van der Waals surface area contributed by atoms with E-state index in [1.54, 1.807) is 13.0 Å². The number of rotatable bonds is 5. The number of hydrogen-bond acceptors (Lipinski definition) is 4. The van der Waals surface area contributed by atoms with Crippen LogP contribution in [0.5, 0.6) is 0 Å². The van der Waals surface area contributed by atoms with Gasteiger partial charge in [-0.25, -0.2) is 9.07 Å². The van der Waals surface area contributed by atoms with Crippen LogP contribution in [0.1, 0.15) is 29.0 Å². The number of carboxylic acid groups (broad SMARTS) is 1. The second-order valence-electron chi connectivity index (χ2n) is 5.92. The highest BCUT2D eigenvalue weighted by Crippen LogP contribution is 2.27. The lowest BCUT2D eigenvalue weighted by atomic mass is 10.2. The third-order valence-electron chi connectivity index (χ3n) is 3.94. The Hall–Kier alpha value is -3.03. The number of halogens is 1. The molecule has 1 saturated carbocycles. The third kappa shape index (κ3) is 3.42. The number of aromatic nitrogens is 2. The molecule has 1 N–H and O–H groups in total. The molecule has 1 amide bonds. The van der Waals surface area contributed by atoms with Gasteiger partial charge in [0, 0.05) is 17.8 Å². The van der Waals surface area contributed by atoms with Crippen LogP contribution in [0, 0.1) is 12.7 Å². The fourth-order valence-electron chi connectivity index (χ4n) is 2.60. The molecule has 0 aliphatic heterocycles. The molecule has 0 bridgehead atoms. The van der Waals surface area contributed by atoms with E-state index in [9.17, 15) is 18.8 Å². The van der Waals surface area contributed by atoms with Crippen LogP contribution in [-0.2, 0) is 4.79 Å². The number of carboxylic acids is 1. The molecule has 0 radical (unpaired) electrons. The molecule has 1 fully saturated rings. The van der Waals surface area contributed by atoms with Crippen LogP contribution < -0.4 is 5.43 Å². The molecule has 8 heteroatoms. The second kappa shape index (κ2) is 6.46. The van der Waals surface area contributed by atoms with Gasteiger partial charge in [-0.3, -0.25) is 14.4 Å². The van der Waals surface area contributed by atoms with Crippen LogP contribution in [-0.4, -0.2) is 44.3 Å². The van der Waals surface area contributed by atoms with Crippen LogP contribution in [0.2, 0.25) is 0 Å². The number of carbonyl (C=O) groups excluding carboxylic acids is 1. The Balaban J connectivity index is 2.06. The molecule has 2 aromatic rings. The normalized spacial score (nSPS) is 13.5. The summed E-state index contributed by atoms with van der Waals surface area (Å²) in [5.41, 5.74) is -0.568. The van der Waals surface area contributed by atoms with Crippen LogP contribution in [0.15, 0.2) is 35.1 Å². The first kappa shape index (κ1) is 16.8. The predicted octanol–water partition coefficient (Wildman–Crippen LogP) is 1.37. The van der Waals surface area contributed by atoms with Crippen LogP contribution >= 0.6 is 0 Å². The van der Waals surface area contributed by atoms with Gasteiger partial charge >= 0.3 is 5.97 Å². The number of aryl methyl sites for hydroxylation is 1. The van der Waals surface area contributed by atoms with Crippen molar-refractivity contribution < 1.29 is 19.1 Å². The first-order valence-corrected chi connectivity index (χ1v) is 7.77. The fraction of sp³-hybridized carbons (Fsp3) is 0.294. The lowest BCUT2D eigenvalue weighted by molar-refractivity contribution is -0.137. The Kier molecular flexibility index (Phi) is 4.35. The molecule has 3 rings (SSSR count). The minimum atomic E-state index is -1.17. The van der Waals surface area contributed by atoms with Crippen molar-refractivity contribution in [2.45, 2.75) is 25.8 Å². The van der Waals surface area contributed by atoms with Crippen LogP contribution in [0.4, 0.5) is 4.39 Å². The zero-order valence-electron chi connectivity index (χ0n) is 13.5. The van der Waals surface area contributed by atoms with Crippen molar-refractivity contribution in [3.05, 3.63) is 57.8 Å². The highest BCUT2D eigenvalue weighted by Gasteiger charge is 2.36. The molecule has 1 aliphatic rings. The molecule has 0 atom stereocenters.